The number of urea groups is 1. The zero-order valence-corrected chi connectivity index (χ0v) is 17.1. The molecular formula is C22H34N2O3. The number of likely N-dealkylation sites (tertiary alicyclic amines) is 1. The lowest BCUT2D eigenvalue weighted by Gasteiger charge is -2.32. The highest BCUT2D eigenvalue weighted by Crippen LogP contribution is 2.18. The van der Waals surface area contributed by atoms with Gasteiger partial charge in [0.25, 0.3) is 0 Å². The molecule has 2 aliphatic rings. The summed E-state index contributed by atoms with van der Waals surface area (Å²) in [5.41, 5.74) is 5.27. The van der Waals surface area contributed by atoms with Gasteiger partial charge in [-0.05, 0) is 69.6 Å². The molecule has 0 aliphatic carbocycles. The van der Waals surface area contributed by atoms with E-state index in [0.717, 1.165) is 51.8 Å². The third-order valence-electron chi connectivity index (χ3n) is 5.76. The Morgan fingerprint density at radius 2 is 1.89 bits per heavy atom. The fraction of sp³-hybridized carbons (Fsp3) is 0.682. The largest absolute Gasteiger partial charge is 0.376 e. The molecule has 0 saturated carbocycles. The van der Waals surface area contributed by atoms with Crippen LogP contribution >= 0.6 is 0 Å². The SMILES string of the molecule is Cc1cc(C)c(CCNC(=O)N2CCC(OCC3CCCO3)CC2)c(C)c1. The van der Waals surface area contributed by atoms with Crippen LogP contribution in [-0.4, -0.2) is 56.0 Å². The molecule has 150 valence electrons. The van der Waals surface area contributed by atoms with Crippen molar-refractivity contribution in [2.75, 3.05) is 32.8 Å². The Morgan fingerprint density at radius 1 is 1.19 bits per heavy atom. The van der Waals surface area contributed by atoms with Gasteiger partial charge < -0.3 is 19.7 Å². The van der Waals surface area contributed by atoms with Crippen LogP contribution in [-0.2, 0) is 15.9 Å². The molecule has 27 heavy (non-hydrogen) atoms. The van der Waals surface area contributed by atoms with Gasteiger partial charge in [0.1, 0.15) is 0 Å². The molecule has 3 rings (SSSR count). The third-order valence-corrected chi connectivity index (χ3v) is 5.76. The van der Waals surface area contributed by atoms with E-state index in [1.54, 1.807) is 0 Å². The first-order valence-corrected chi connectivity index (χ1v) is 10.4. The number of aryl methyl sites for hydroxylation is 3. The quantitative estimate of drug-likeness (QED) is 0.829. The third kappa shape index (κ3) is 5.69. The highest BCUT2D eigenvalue weighted by atomic mass is 16.5. The van der Waals surface area contributed by atoms with Gasteiger partial charge in [-0.1, -0.05) is 17.7 Å². The zero-order valence-electron chi connectivity index (χ0n) is 17.1. The maximum absolute atomic E-state index is 12.4. The van der Waals surface area contributed by atoms with Gasteiger partial charge >= 0.3 is 6.03 Å². The Labute approximate surface area is 163 Å². The van der Waals surface area contributed by atoms with Gasteiger partial charge in [0.15, 0.2) is 0 Å². The van der Waals surface area contributed by atoms with Crippen LogP contribution in [0.2, 0.25) is 0 Å². The Morgan fingerprint density at radius 3 is 2.52 bits per heavy atom. The normalized spacial score (nSPS) is 20.9. The zero-order chi connectivity index (χ0) is 19.2. The summed E-state index contributed by atoms with van der Waals surface area (Å²) in [6.07, 6.45) is 5.50. The Hall–Kier alpha value is -1.59. The van der Waals surface area contributed by atoms with E-state index in [-0.39, 0.29) is 18.2 Å². The predicted molar refractivity (Wildman–Crippen MR) is 107 cm³/mol. The van der Waals surface area contributed by atoms with E-state index in [0.29, 0.717) is 13.2 Å². The number of hydrogen-bond donors (Lipinski definition) is 1. The van der Waals surface area contributed by atoms with Crippen LogP contribution < -0.4 is 5.32 Å². The lowest BCUT2D eigenvalue weighted by atomic mass is 9.97. The molecule has 0 aromatic heterocycles. The van der Waals surface area contributed by atoms with Crippen molar-refractivity contribution in [3.05, 3.63) is 34.4 Å². The number of piperidine rings is 1. The number of rotatable bonds is 6. The molecule has 2 saturated heterocycles. The fourth-order valence-electron chi connectivity index (χ4n) is 4.26. The first-order chi connectivity index (χ1) is 13.0. The molecule has 2 amide bonds. The minimum Gasteiger partial charge on any atom is -0.376 e. The molecule has 1 aromatic carbocycles. The molecule has 1 unspecified atom stereocenters. The van der Waals surface area contributed by atoms with E-state index in [1.165, 1.54) is 22.3 Å². The molecule has 5 heteroatoms. The number of amides is 2. The molecule has 5 nitrogen and oxygen atoms in total. The summed E-state index contributed by atoms with van der Waals surface area (Å²) in [5, 5.41) is 3.09. The van der Waals surface area contributed by atoms with Gasteiger partial charge in [0, 0.05) is 26.2 Å². The van der Waals surface area contributed by atoms with E-state index in [4.69, 9.17) is 9.47 Å². The summed E-state index contributed by atoms with van der Waals surface area (Å²) in [6.45, 7) is 10.2. The first-order valence-electron chi connectivity index (χ1n) is 10.4. The van der Waals surface area contributed by atoms with Crippen molar-refractivity contribution in [1.29, 1.82) is 0 Å². The second kappa shape index (κ2) is 9.56. The summed E-state index contributed by atoms with van der Waals surface area (Å²) in [5.74, 6) is 0. The summed E-state index contributed by atoms with van der Waals surface area (Å²) in [6, 6.07) is 4.48. The Kier molecular flexibility index (Phi) is 7.13. The van der Waals surface area contributed by atoms with Gasteiger partial charge in [-0.2, -0.15) is 0 Å². The van der Waals surface area contributed by atoms with Crippen molar-refractivity contribution in [1.82, 2.24) is 10.2 Å². The van der Waals surface area contributed by atoms with Crippen molar-refractivity contribution in [3.8, 4) is 0 Å². The molecule has 1 atom stereocenters. The van der Waals surface area contributed by atoms with Crippen molar-refractivity contribution in [2.24, 2.45) is 0 Å². The van der Waals surface area contributed by atoms with Crippen LogP contribution in [0.25, 0.3) is 0 Å². The molecule has 1 N–H and O–H groups in total. The maximum Gasteiger partial charge on any atom is 0.317 e. The highest BCUT2D eigenvalue weighted by molar-refractivity contribution is 5.74. The van der Waals surface area contributed by atoms with Crippen LogP contribution in [0.3, 0.4) is 0 Å². The van der Waals surface area contributed by atoms with Gasteiger partial charge in [0.2, 0.25) is 0 Å². The van der Waals surface area contributed by atoms with Crippen molar-refractivity contribution < 1.29 is 14.3 Å². The molecule has 2 aliphatic heterocycles. The van der Waals surface area contributed by atoms with Crippen LogP contribution in [0, 0.1) is 20.8 Å². The minimum absolute atomic E-state index is 0.0509. The number of hydrogen-bond acceptors (Lipinski definition) is 3. The highest BCUT2D eigenvalue weighted by Gasteiger charge is 2.24. The number of ether oxygens (including phenoxy) is 2. The topological polar surface area (TPSA) is 50.8 Å². The summed E-state index contributed by atoms with van der Waals surface area (Å²) in [7, 11) is 0. The lowest BCUT2D eigenvalue weighted by molar-refractivity contribution is -0.0381. The van der Waals surface area contributed by atoms with Crippen LogP contribution in [0.15, 0.2) is 12.1 Å². The van der Waals surface area contributed by atoms with Gasteiger partial charge in [-0.15, -0.1) is 0 Å². The van der Waals surface area contributed by atoms with E-state index < -0.39 is 0 Å². The Balaban J connectivity index is 1.36. The standard InChI is InChI=1S/C22H34N2O3/c1-16-13-17(2)21(18(3)14-16)6-9-23-22(25)24-10-7-19(8-11-24)27-15-20-5-4-12-26-20/h13-14,19-20H,4-12,15H2,1-3H3,(H,23,25). The smallest absolute Gasteiger partial charge is 0.317 e. The van der Waals surface area contributed by atoms with Crippen LogP contribution in [0.5, 0.6) is 0 Å². The Bertz CT molecular complexity index is 609. The number of nitrogens with zero attached hydrogens (tertiary/aromatic N) is 1. The summed E-state index contributed by atoms with van der Waals surface area (Å²) in [4.78, 5) is 14.4. The molecule has 1 aromatic rings. The summed E-state index contributed by atoms with van der Waals surface area (Å²) < 4.78 is 11.6. The van der Waals surface area contributed by atoms with Crippen LogP contribution in [0.4, 0.5) is 4.79 Å². The molecule has 0 bridgehead atoms. The van der Waals surface area contributed by atoms with Gasteiger partial charge in [0.05, 0.1) is 18.8 Å². The maximum atomic E-state index is 12.4. The molecular weight excluding hydrogens is 340 g/mol. The van der Waals surface area contributed by atoms with E-state index in [1.807, 2.05) is 4.90 Å². The van der Waals surface area contributed by atoms with E-state index in [2.05, 4.69) is 38.2 Å². The van der Waals surface area contributed by atoms with Gasteiger partial charge in [-0.3, -0.25) is 0 Å². The predicted octanol–water partition coefficient (Wildman–Crippen LogP) is 3.52. The lowest BCUT2D eigenvalue weighted by Crippen LogP contribution is -2.46. The second-order valence-electron chi connectivity index (χ2n) is 8.01. The fourth-order valence-corrected chi connectivity index (χ4v) is 4.26. The minimum atomic E-state index is 0.0509. The van der Waals surface area contributed by atoms with Gasteiger partial charge in [-0.25, -0.2) is 4.79 Å². The molecule has 2 fully saturated rings. The summed E-state index contributed by atoms with van der Waals surface area (Å²) >= 11 is 0. The van der Waals surface area contributed by atoms with Crippen molar-refractivity contribution >= 4 is 6.03 Å². The van der Waals surface area contributed by atoms with E-state index in [9.17, 15) is 4.79 Å². The molecule has 0 spiro atoms. The number of carbonyl (C=O) groups is 1. The average Bonchev–Trinajstić information content (AvgIpc) is 3.16. The average molecular weight is 375 g/mol. The molecule has 2 heterocycles. The monoisotopic (exact) mass is 374 g/mol. The van der Waals surface area contributed by atoms with E-state index >= 15 is 0 Å². The molecule has 0 radical (unpaired) electrons. The number of carbonyl (C=O) groups excluding carboxylic acids is 1. The van der Waals surface area contributed by atoms with Crippen LogP contribution in [0.1, 0.15) is 47.9 Å². The van der Waals surface area contributed by atoms with Crippen molar-refractivity contribution in [3.63, 3.8) is 0 Å². The number of benzene rings is 1. The first kappa shape index (κ1) is 20.2. The second-order valence-corrected chi connectivity index (χ2v) is 8.01. The number of nitrogens with one attached hydrogen (secondary N) is 1. The van der Waals surface area contributed by atoms with Crippen molar-refractivity contribution in [2.45, 2.75) is 65.1 Å².